The zero-order chi connectivity index (χ0) is 41.0. The Morgan fingerprint density at radius 2 is 0.946 bits per heavy atom. The van der Waals surface area contributed by atoms with E-state index in [1.807, 2.05) is 36.5 Å². The van der Waals surface area contributed by atoms with Gasteiger partial charge in [0.1, 0.15) is 6.10 Å². The fourth-order valence-electron chi connectivity index (χ4n) is 6.87. The molecule has 0 aromatic heterocycles. The summed E-state index contributed by atoms with van der Waals surface area (Å²) >= 11 is 0. The van der Waals surface area contributed by atoms with Gasteiger partial charge in [-0.3, -0.25) is 9.59 Å². The standard InChI is InChI=1S/C50H89NO5/c1-4-7-10-13-16-19-21-23-24-25-26-27-30-32-35-38-41-46(56-50(55)43-40-37-34-31-28-22-20-17-14-11-8-5-2)44-49(54)51-47(45-52)48(53)42-39-36-33-29-18-15-12-9-6-3/h10,13,16,19,21,23-27,46-48,52-53H,4-9,11-12,14-15,17-18,20,22,28-45H2,1-3H3,(H,51,54)/b13-10+,19-16+,23-21+,25-24+,27-26+. The van der Waals surface area contributed by atoms with Crippen LogP contribution in [0, 0.1) is 0 Å². The summed E-state index contributed by atoms with van der Waals surface area (Å²) in [6, 6.07) is -0.713. The third-order valence-corrected chi connectivity index (χ3v) is 10.5. The van der Waals surface area contributed by atoms with E-state index in [4.69, 9.17) is 4.74 Å². The first kappa shape index (κ1) is 53.6. The summed E-state index contributed by atoms with van der Waals surface area (Å²) in [6.45, 7) is 6.35. The van der Waals surface area contributed by atoms with Crippen molar-refractivity contribution in [2.45, 2.75) is 238 Å². The van der Waals surface area contributed by atoms with Gasteiger partial charge in [-0.25, -0.2) is 0 Å². The maximum atomic E-state index is 13.1. The molecule has 0 aliphatic heterocycles. The number of esters is 1. The van der Waals surface area contributed by atoms with Crippen molar-refractivity contribution in [1.82, 2.24) is 5.32 Å². The minimum Gasteiger partial charge on any atom is -0.462 e. The number of allylic oxidation sites excluding steroid dienone is 10. The molecule has 0 heterocycles. The van der Waals surface area contributed by atoms with E-state index in [9.17, 15) is 19.8 Å². The highest BCUT2D eigenvalue weighted by Crippen LogP contribution is 2.17. The van der Waals surface area contributed by atoms with Crippen molar-refractivity contribution in [3.05, 3.63) is 60.8 Å². The topological polar surface area (TPSA) is 95.9 Å². The van der Waals surface area contributed by atoms with Gasteiger partial charge in [0.2, 0.25) is 5.91 Å². The first-order valence-electron chi connectivity index (χ1n) is 23.6. The predicted octanol–water partition coefficient (Wildman–Crippen LogP) is 13.7. The van der Waals surface area contributed by atoms with E-state index in [0.29, 0.717) is 19.3 Å². The molecule has 3 unspecified atom stereocenters. The van der Waals surface area contributed by atoms with Gasteiger partial charge >= 0.3 is 5.97 Å². The van der Waals surface area contributed by atoms with Crippen LogP contribution in [-0.4, -0.2) is 46.9 Å². The molecule has 0 spiro atoms. The minimum atomic E-state index is -0.797. The van der Waals surface area contributed by atoms with Crippen molar-refractivity contribution in [2.24, 2.45) is 0 Å². The van der Waals surface area contributed by atoms with Crippen LogP contribution < -0.4 is 5.32 Å². The van der Waals surface area contributed by atoms with Crippen LogP contribution in [0.5, 0.6) is 0 Å². The fourth-order valence-corrected chi connectivity index (χ4v) is 6.87. The van der Waals surface area contributed by atoms with Gasteiger partial charge in [0.15, 0.2) is 0 Å². The number of hydrogen-bond acceptors (Lipinski definition) is 5. The Morgan fingerprint density at radius 1 is 0.518 bits per heavy atom. The van der Waals surface area contributed by atoms with E-state index >= 15 is 0 Å². The largest absolute Gasteiger partial charge is 0.462 e. The molecule has 3 N–H and O–H groups in total. The number of amides is 1. The normalized spacial score (nSPS) is 13.9. The molecule has 0 saturated heterocycles. The van der Waals surface area contributed by atoms with Crippen LogP contribution in [-0.2, 0) is 14.3 Å². The molecule has 0 aliphatic carbocycles. The second-order valence-electron chi connectivity index (χ2n) is 15.9. The van der Waals surface area contributed by atoms with Gasteiger partial charge in [-0.05, 0) is 44.9 Å². The highest BCUT2D eigenvalue weighted by Gasteiger charge is 2.24. The quantitative estimate of drug-likeness (QED) is 0.0326. The smallest absolute Gasteiger partial charge is 0.306 e. The SMILES string of the molecule is CCC/C=C/C=C/C=C/C=C/C=C/CCCCCC(CC(=O)NC(CO)C(O)CCCCCCCCCCC)OC(=O)CCCCCCCCCCCCCC. The highest BCUT2D eigenvalue weighted by molar-refractivity contribution is 5.77. The number of nitrogens with one attached hydrogen (secondary N) is 1. The van der Waals surface area contributed by atoms with E-state index in [-0.39, 0.29) is 24.9 Å². The number of unbranched alkanes of at least 4 members (excludes halogenated alkanes) is 23. The average molecular weight is 784 g/mol. The van der Waals surface area contributed by atoms with Gasteiger partial charge in [-0.2, -0.15) is 0 Å². The summed E-state index contributed by atoms with van der Waals surface area (Å²) in [4.78, 5) is 26.0. The molecule has 0 aliphatic rings. The molecule has 1 amide bonds. The Balaban J connectivity index is 4.72. The first-order valence-corrected chi connectivity index (χ1v) is 23.6. The summed E-state index contributed by atoms with van der Waals surface area (Å²) in [5.74, 6) is -0.517. The molecule has 0 bridgehead atoms. The minimum absolute atomic E-state index is 0.0495. The molecule has 0 aromatic rings. The Kier molecular flexibility index (Phi) is 41.8. The Morgan fingerprint density at radius 3 is 1.45 bits per heavy atom. The summed E-state index contributed by atoms with van der Waals surface area (Å²) < 4.78 is 5.89. The van der Waals surface area contributed by atoms with E-state index in [2.05, 4.69) is 50.4 Å². The number of rotatable bonds is 41. The van der Waals surface area contributed by atoms with Crippen molar-refractivity contribution in [2.75, 3.05) is 6.61 Å². The van der Waals surface area contributed by atoms with Gasteiger partial charge in [-0.1, -0.05) is 223 Å². The number of carbonyl (C=O) groups excluding carboxylic acids is 2. The predicted molar refractivity (Wildman–Crippen MR) is 241 cm³/mol. The van der Waals surface area contributed by atoms with E-state index < -0.39 is 18.2 Å². The Hall–Kier alpha value is -2.44. The lowest BCUT2D eigenvalue weighted by molar-refractivity contribution is -0.151. The lowest BCUT2D eigenvalue weighted by Crippen LogP contribution is -2.46. The van der Waals surface area contributed by atoms with Crippen LogP contribution in [0.3, 0.4) is 0 Å². The van der Waals surface area contributed by atoms with Crippen LogP contribution in [0.4, 0.5) is 0 Å². The van der Waals surface area contributed by atoms with Gasteiger partial charge in [-0.15, -0.1) is 0 Å². The average Bonchev–Trinajstić information content (AvgIpc) is 3.19. The summed E-state index contributed by atoms with van der Waals surface area (Å²) in [5, 5.41) is 23.6. The molecule has 324 valence electrons. The number of hydrogen-bond donors (Lipinski definition) is 3. The fraction of sp³-hybridized carbons (Fsp3) is 0.760. The number of aliphatic hydroxyl groups is 2. The molecular weight excluding hydrogens is 695 g/mol. The molecule has 0 fully saturated rings. The van der Waals surface area contributed by atoms with Crippen molar-refractivity contribution >= 4 is 11.9 Å². The Bertz CT molecular complexity index is 1010. The molecule has 0 aromatic carbocycles. The molecule has 6 heteroatoms. The zero-order valence-electron chi connectivity index (χ0n) is 36.8. The van der Waals surface area contributed by atoms with Crippen molar-refractivity contribution in [3.8, 4) is 0 Å². The molecular formula is C50H89NO5. The third kappa shape index (κ3) is 38.4. The maximum Gasteiger partial charge on any atom is 0.306 e. The van der Waals surface area contributed by atoms with Crippen molar-refractivity contribution in [1.29, 1.82) is 0 Å². The second kappa shape index (κ2) is 43.7. The van der Waals surface area contributed by atoms with Crippen LogP contribution in [0.2, 0.25) is 0 Å². The maximum absolute atomic E-state index is 13.1. The molecule has 0 radical (unpaired) electrons. The van der Waals surface area contributed by atoms with Crippen LogP contribution in [0.1, 0.15) is 220 Å². The zero-order valence-corrected chi connectivity index (χ0v) is 36.8. The summed E-state index contributed by atoms with van der Waals surface area (Å²) in [5.41, 5.74) is 0. The Labute approximate surface area is 346 Å². The number of ether oxygens (including phenoxy) is 1. The van der Waals surface area contributed by atoms with Crippen molar-refractivity contribution < 1.29 is 24.5 Å². The van der Waals surface area contributed by atoms with E-state index in [1.165, 1.54) is 103 Å². The van der Waals surface area contributed by atoms with Gasteiger partial charge in [0, 0.05) is 6.42 Å². The van der Waals surface area contributed by atoms with Gasteiger partial charge in [0.05, 0.1) is 25.2 Å². The highest BCUT2D eigenvalue weighted by atomic mass is 16.5. The van der Waals surface area contributed by atoms with Crippen molar-refractivity contribution in [3.63, 3.8) is 0 Å². The number of carbonyl (C=O) groups is 2. The molecule has 6 nitrogen and oxygen atoms in total. The van der Waals surface area contributed by atoms with E-state index in [0.717, 1.165) is 70.6 Å². The lowest BCUT2D eigenvalue weighted by Gasteiger charge is -2.24. The molecule has 0 saturated carbocycles. The van der Waals surface area contributed by atoms with Gasteiger partial charge in [0.25, 0.3) is 0 Å². The van der Waals surface area contributed by atoms with E-state index in [1.54, 1.807) is 0 Å². The monoisotopic (exact) mass is 784 g/mol. The lowest BCUT2D eigenvalue weighted by atomic mass is 10.0. The van der Waals surface area contributed by atoms with Gasteiger partial charge < -0.3 is 20.3 Å². The molecule has 0 rings (SSSR count). The van der Waals surface area contributed by atoms with Crippen LogP contribution in [0.25, 0.3) is 0 Å². The summed E-state index contributed by atoms with van der Waals surface area (Å²) in [7, 11) is 0. The van der Waals surface area contributed by atoms with Crippen LogP contribution >= 0.6 is 0 Å². The summed E-state index contributed by atoms with van der Waals surface area (Å²) in [6.07, 6.45) is 52.7. The molecule has 3 atom stereocenters. The second-order valence-corrected chi connectivity index (χ2v) is 15.9. The number of aliphatic hydroxyl groups excluding tert-OH is 2. The first-order chi connectivity index (χ1) is 27.5. The third-order valence-electron chi connectivity index (χ3n) is 10.5. The molecule has 56 heavy (non-hydrogen) atoms. The van der Waals surface area contributed by atoms with Crippen LogP contribution in [0.15, 0.2) is 60.8 Å².